The lowest BCUT2D eigenvalue weighted by atomic mass is 9.49. The van der Waals surface area contributed by atoms with E-state index in [-0.39, 0.29) is 17.8 Å². The maximum absolute atomic E-state index is 13.2. The summed E-state index contributed by atoms with van der Waals surface area (Å²) >= 11 is 0. The number of piperidine rings is 1. The number of unbranched alkanes of at least 4 members (excludes halogenated alkanes) is 1. The number of likely N-dealkylation sites (tertiary alicyclic amines) is 1. The molecule has 3 heterocycles. The van der Waals surface area contributed by atoms with E-state index >= 15 is 0 Å². The molecule has 2 saturated heterocycles. The highest BCUT2D eigenvalue weighted by Gasteiger charge is 2.73. The monoisotopic (exact) mass is 529 g/mol. The molecule has 1 unspecified atom stereocenters. The number of carbonyl (C=O) groups is 2. The molecule has 1 aromatic carbocycles. The molecule has 1 spiro atoms. The summed E-state index contributed by atoms with van der Waals surface area (Å²) in [6, 6.07) is 3.91. The first-order chi connectivity index (χ1) is 17.5. The molecule has 5 atom stereocenters. The SMILES string of the molecule is O=C(CCCCC1CCSS1)Oc1ccc2c3c1O[C@H]1C(=O)CC[C@@]4(O)[C@@H](C2)N(CC2CC2)CC[C@]314. The average molecular weight is 530 g/mol. The van der Waals surface area contributed by atoms with E-state index in [1.54, 1.807) is 0 Å². The Bertz CT molecular complexity index is 1090. The van der Waals surface area contributed by atoms with E-state index in [0.717, 1.165) is 61.1 Å². The van der Waals surface area contributed by atoms with Gasteiger partial charge in [-0.25, -0.2) is 0 Å². The van der Waals surface area contributed by atoms with Gasteiger partial charge in [-0.1, -0.05) is 34.1 Å². The predicted octanol–water partition coefficient (Wildman–Crippen LogP) is 4.44. The number of ketones is 1. The number of hydrogen-bond donors (Lipinski definition) is 1. The molecule has 0 aromatic heterocycles. The first-order valence-electron chi connectivity index (χ1n) is 13.8. The molecule has 4 fully saturated rings. The van der Waals surface area contributed by atoms with E-state index in [1.807, 2.05) is 27.7 Å². The second kappa shape index (κ2) is 8.92. The van der Waals surface area contributed by atoms with Crippen molar-refractivity contribution in [2.75, 3.05) is 18.8 Å². The molecule has 3 aliphatic carbocycles. The van der Waals surface area contributed by atoms with Crippen molar-refractivity contribution < 1.29 is 24.2 Å². The molecular formula is C28H35NO5S2. The zero-order valence-electron chi connectivity index (χ0n) is 20.7. The van der Waals surface area contributed by atoms with Crippen molar-refractivity contribution >= 4 is 33.3 Å². The number of hydrogen-bond acceptors (Lipinski definition) is 8. The summed E-state index contributed by atoms with van der Waals surface area (Å²) in [6.07, 6.45) is 8.83. The minimum Gasteiger partial charge on any atom is -0.477 e. The molecule has 6 aliphatic rings. The molecule has 2 bridgehead atoms. The van der Waals surface area contributed by atoms with Gasteiger partial charge in [-0.05, 0) is 75.5 Å². The fourth-order valence-electron chi connectivity index (χ4n) is 7.71. The number of ether oxygens (including phenoxy) is 2. The van der Waals surface area contributed by atoms with Crippen molar-refractivity contribution in [1.29, 1.82) is 0 Å². The first kappa shape index (κ1) is 23.9. The largest absolute Gasteiger partial charge is 0.477 e. The number of carbonyl (C=O) groups excluding carboxylic acids is 2. The van der Waals surface area contributed by atoms with Crippen LogP contribution in [0.25, 0.3) is 0 Å². The van der Waals surface area contributed by atoms with Gasteiger partial charge in [0.1, 0.15) is 0 Å². The van der Waals surface area contributed by atoms with Gasteiger partial charge in [-0.2, -0.15) is 0 Å². The molecule has 1 N–H and O–H groups in total. The number of benzene rings is 1. The Morgan fingerprint density at radius 1 is 1.22 bits per heavy atom. The van der Waals surface area contributed by atoms with Crippen LogP contribution in [0, 0.1) is 5.92 Å². The van der Waals surface area contributed by atoms with E-state index in [2.05, 4.69) is 11.0 Å². The molecule has 194 valence electrons. The summed E-state index contributed by atoms with van der Waals surface area (Å²) < 4.78 is 12.3. The molecule has 0 radical (unpaired) electrons. The number of rotatable bonds is 8. The van der Waals surface area contributed by atoms with Gasteiger partial charge in [0.2, 0.25) is 0 Å². The van der Waals surface area contributed by atoms with Crippen LogP contribution >= 0.6 is 21.6 Å². The lowest BCUT2D eigenvalue weighted by Crippen LogP contribution is -2.76. The Labute approximate surface area is 220 Å². The van der Waals surface area contributed by atoms with Gasteiger partial charge in [0.05, 0.1) is 11.0 Å². The highest BCUT2D eigenvalue weighted by atomic mass is 33.1. The quantitative estimate of drug-likeness (QED) is 0.229. The third kappa shape index (κ3) is 3.61. The van der Waals surface area contributed by atoms with Crippen LogP contribution in [0.3, 0.4) is 0 Å². The van der Waals surface area contributed by atoms with Crippen molar-refractivity contribution in [2.24, 2.45) is 5.92 Å². The Kier molecular flexibility index (Phi) is 5.92. The van der Waals surface area contributed by atoms with Crippen molar-refractivity contribution in [3.63, 3.8) is 0 Å². The van der Waals surface area contributed by atoms with Crippen molar-refractivity contribution in [1.82, 2.24) is 4.90 Å². The van der Waals surface area contributed by atoms with E-state index < -0.39 is 17.1 Å². The highest BCUT2D eigenvalue weighted by Crippen LogP contribution is 2.65. The zero-order valence-corrected chi connectivity index (χ0v) is 22.3. The normalized spacial score (nSPS) is 36.5. The molecule has 8 heteroatoms. The van der Waals surface area contributed by atoms with E-state index in [9.17, 15) is 14.7 Å². The van der Waals surface area contributed by atoms with E-state index in [4.69, 9.17) is 9.47 Å². The maximum Gasteiger partial charge on any atom is 0.311 e. The van der Waals surface area contributed by atoms with Crippen LogP contribution in [0.1, 0.15) is 75.3 Å². The molecule has 2 saturated carbocycles. The molecular weight excluding hydrogens is 494 g/mol. The fourth-order valence-corrected chi connectivity index (χ4v) is 10.7. The molecule has 6 nitrogen and oxygen atoms in total. The van der Waals surface area contributed by atoms with Gasteiger partial charge in [-0.15, -0.1) is 0 Å². The molecule has 1 aromatic rings. The van der Waals surface area contributed by atoms with Gasteiger partial charge in [0, 0.05) is 42.0 Å². The predicted molar refractivity (Wildman–Crippen MR) is 141 cm³/mol. The summed E-state index contributed by atoms with van der Waals surface area (Å²) in [4.78, 5) is 28.4. The summed E-state index contributed by atoms with van der Waals surface area (Å²) in [7, 11) is 3.93. The molecule has 7 rings (SSSR count). The first-order valence-corrected chi connectivity index (χ1v) is 16.2. The Morgan fingerprint density at radius 3 is 2.92 bits per heavy atom. The highest BCUT2D eigenvalue weighted by molar-refractivity contribution is 8.77. The summed E-state index contributed by atoms with van der Waals surface area (Å²) in [6.45, 7) is 1.91. The summed E-state index contributed by atoms with van der Waals surface area (Å²) in [5.41, 5.74) is 0.376. The Balaban J connectivity index is 1.14. The lowest BCUT2D eigenvalue weighted by molar-refractivity contribution is -0.188. The number of esters is 1. The van der Waals surface area contributed by atoms with Crippen molar-refractivity contribution in [3.05, 3.63) is 23.3 Å². The Morgan fingerprint density at radius 2 is 2.11 bits per heavy atom. The van der Waals surface area contributed by atoms with Gasteiger partial charge in [-0.3, -0.25) is 14.5 Å². The number of nitrogens with zero attached hydrogens (tertiary/aromatic N) is 1. The second-order valence-corrected chi connectivity index (χ2v) is 14.5. The van der Waals surface area contributed by atoms with E-state index in [1.165, 1.54) is 25.0 Å². The van der Waals surface area contributed by atoms with Crippen molar-refractivity contribution in [3.8, 4) is 11.5 Å². The minimum atomic E-state index is -0.990. The average Bonchev–Trinajstić information content (AvgIpc) is 3.37. The van der Waals surface area contributed by atoms with Crippen LogP contribution in [0.4, 0.5) is 0 Å². The van der Waals surface area contributed by atoms with E-state index in [0.29, 0.717) is 37.2 Å². The molecule has 3 aliphatic heterocycles. The molecule has 36 heavy (non-hydrogen) atoms. The fraction of sp³-hybridized carbons (Fsp3) is 0.714. The van der Waals surface area contributed by atoms with Crippen LogP contribution in [-0.4, -0.2) is 63.6 Å². The summed E-state index contributed by atoms with van der Waals surface area (Å²) in [5.74, 6) is 2.76. The minimum absolute atomic E-state index is 0.00864. The van der Waals surface area contributed by atoms with Gasteiger partial charge in [0.15, 0.2) is 23.4 Å². The molecule has 0 amide bonds. The van der Waals surface area contributed by atoms with Crippen LogP contribution in [0.15, 0.2) is 12.1 Å². The second-order valence-electron chi connectivity index (χ2n) is 11.7. The topological polar surface area (TPSA) is 76.1 Å². The van der Waals surface area contributed by atoms with Crippen LogP contribution in [0.5, 0.6) is 11.5 Å². The third-order valence-corrected chi connectivity index (χ3v) is 12.7. The Hall–Kier alpha value is -1.22. The third-order valence-electron chi connectivity index (χ3n) is 9.65. The number of Topliss-reactive ketones (excluding diaryl/α,β-unsaturated/α-hetero) is 1. The zero-order chi connectivity index (χ0) is 24.5. The summed E-state index contributed by atoms with van der Waals surface area (Å²) in [5, 5.41) is 13.1. The smallest absolute Gasteiger partial charge is 0.311 e. The number of aliphatic hydroxyl groups is 1. The standard InChI is InChI=1S/C28H35NO5S2/c30-20-9-11-28(32)22-15-18-7-8-21(33-23(31)4-2-1-3-19-10-14-35-36-19)25-24(18)27(28,26(20)34-25)12-13-29(22)16-17-5-6-17/h7-8,17,19,22,26,32H,1-6,9-16H2/t19?,22-,26+,27+,28-/m1/s1. The van der Waals surface area contributed by atoms with Gasteiger partial charge >= 0.3 is 5.97 Å². The van der Waals surface area contributed by atoms with Crippen molar-refractivity contribution in [2.45, 2.75) is 99.0 Å². The van der Waals surface area contributed by atoms with Gasteiger partial charge < -0.3 is 14.6 Å². The van der Waals surface area contributed by atoms with Crippen LogP contribution in [-0.2, 0) is 21.4 Å². The van der Waals surface area contributed by atoms with Gasteiger partial charge in [0.25, 0.3) is 0 Å². The lowest BCUT2D eigenvalue weighted by Gasteiger charge is -2.62. The van der Waals surface area contributed by atoms with Crippen LogP contribution < -0.4 is 9.47 Å². The van der Waals surface area contributed by atoms with Crippen LogP contribution in [0.2, 0.25) is 0 Å². The maximum atomic E-state index is 13.2.